The van der Waals surface area contributed by atoms with E-state index in [1.165, 1.54) is 11.8 Å². The average Bonchev–Trinajstić information content (AvgIpc) is 3.34. The van der Waals surface area contributed by atoms with Gasteiger partial charge in [0.05, 0.1) is 31.4 Å². The van der Waals surface area contributed by atoms with E-state index < -0.39 is 71.9 Å². The Morgan fingerprint density at radius 1 is 0.909 bits per heavy atom. The number of aliphatic hydroxyl groups is 1. The Bertz CT molecular complexity index is 1660. The summed E-state index contributed by atoms with van der Waals surface area (Å²) in [6.45, 7) is 23.0. The molecule has 5 atom stereocenters. The number of esters is 1. The number of carbonyl (C=O) groups excluding carboxylic acids is 4. The number of nitrogens with one attached hydrogen (secondary N) is 1. The van der Waals surface area contributed by atoms with Crippen molar-refractivity contribution in [2.45, 2.75) is 156 Å². The monoisotopic (exact) mass is 772 g/mol. The highest BCUT2D eigenvalue weighted by atomic mass is 16.7. The molecule has 0 spiro atoms. The first kappa shape index (κ1) is 42.6. The predicted molar refractivity (Wildman–Crippen MR) is 203 cm³/mol. The molecule has 6 rings (SSSR count). The van der Waals surface area contributed by atoms with Gasteiger partial charge in [-0.1, -0.05) is 19.9 Å². The molecule has 0 unspecified atom stereocenters. The number of hydrogen-bond acceptors (Lipinski definition) is 12. The first-order chi connectivity index (χ1) is 25.1. The zero-order valence-corrected chi connectivity index (χ0v) is 34.9. The average molecular weight is 773 g/mol. The van der Waals surface area contributed by atoms with E-state index in [-0.39, 0.29) is 41.7 Å². The zero-order valence-electron chi connectivity index (χ0n) is 34.9. The predicted octanol–water partition coefficient (Wildman–Crippen LogP) is 6.09. The molecule has 3 aliphatic carbocycles. The number of hydrogen-bond donors (Lipinski definition) is 2. The molecule has 3 saturated carbocycles. The van der Waals surface area contributed by atoms with E-state index >= 15 is 0 Å². The minimum absolute atomic E-state index is 0.00267. The minimum Gasteiger partial charge on any atom is -0.486 e. The van der Waals surface area contributed by atoms with Gasteiger partial charge in [-0.05, 0) is 131 Å². The molecular formula is C40H61BN2O12. The molecule has 2 heterocycles. The van der Waals surface area contributed by atoms with Gasteiger partial charge < -0.3 is 48.3 Å². The van der Waals surface area contributed by atoms with Crippen molar-refractivity contribution in [3.05, 3.63) is 23.3 Å². The van der Waals surface area contributed by atoms with Crippen LogP contribution in [0.25, 0.3) is 0 Å². The lowest BCUT2D eigenvalue weighted by Crippen LogP contribution is -2.67. The Hall–Kier alpha value is -3.56. The van der Waals surface area contributed by atoms with Crippen molar-refractivity contribution < 1.29 is 57.3 Å². The van der Waals surface area contributed by atoms with Gasteiger partial charge in [0.15, 0.2) is 5.75 Å². The van der Waals surface area contributed by atoms with Crippen LogP contribution in [0.5, 0.6) is 11.5 Å². The SMILES string of the molecule is CC(C)(C)OC(=O)N[C@](C)(CO)C(=O)N1CC(Oc2ccc(CCB3O[C@@H]4C[C@@H]5C[C@@H](C5(C)C)[C@]4(C)O3)c(OC(=O)OC(C)(C)C)c2C(=O)OC(C)(C)C)C1. The lowest BCUT2D eigenvalue weighted by atomic mass is 9.43. The highest BCUT2D eigenvalue weighted by Crippen LogP contribution is 2.65. The van der Waals surface area contributed by atoms with Crippen LogP contribution in [-0.2, 0) is 34.7 Å². The van der Waals surface area contributed by atoms with Crippen LogP contribution in [0.1, 0.15) is 119 Å². The van der Waals surface area contributed by atoms with Gasteiger partial charge in [-0.3, -0.25) is 4.79 Å². The third kappa shape index (κ3) is 9.36. The molecule has 0 radical (unpaired) electrons. The first-order valence-corrected chi connectivity index (χ1v) is 19.4. The maximum atomic E-state index is 14.0. The summed E-state index contributed by atoms with van der Waals surface area (Å²) in [5.41, 5.74) is -4.03. The Labute approximate surface area is 325 Å². The van der Waals surface area contributed by atoms with E-state index in [4.69, 9.17) is 33.0 Å². The van der Waals surface area contributed by atoms with Gasteiger partial charge in [0.2, 0.25) is 0 Å². The van der Waals surface area contributed by atoms with Crippen molar-refractivity contribution in [1.82, 2.24) is 10.2 Å². The van der Waals surface area contributed by atoms with Gasteiger partial charge in [-0.15, -0.1) is 0 Å². The largest absolute Gasteiger partial charge is 0.514 e. The van der Waals surface area contributed by atoms with Crippen molar-refractivity contribution >= 4 is 31.2 Å². The molecule has 2 amide bonds. The summed E-state index contributed by atoms with van der Waals surface area (Å²) in [7, 11) is -0.492. The molecule has 2 N–H and O–H groups in total. The molecule has 1 aromatic rings. The van der Waals surface area contributed by atoms with Crippen LogP contribution >= 0.6 is 0 Å². The molecule has 1 aromatic carbocycles. The van der Waals surface area contributed by atoms with Crippen LogP contribution in [-0.4, -0.2) is 101 Å². The molecule has 306 valence electrons. The fourth-order valence-corrected chi connectivity index (χ4v) is 8.14. The molecule has 2 saturated heterocycles. The van der Waals surface area contributed by atoms with Crippen molar-refractivity contribution in [1.29, 1.82) is 0 Å². The molecule has 5 fully saturated rings. The molecule has 0 aromatic heterocycles. The number of rotatable bonds is 10. The van der Waals surface area contributed by atoms with E-state index in [1.807, 2.05) is 0 Å². The maximum absolute atomic E-state index is 14.0. The molecule has 14 nitrogen and oxygen atoms in total. The molecular weight excluding hydrogens is 711 g/mol. The molecule has 15 heteroatoms. The van der Waals surface area contributed by atoms with E-state index in [9.17, 15) is 24.3 Å². The summed E-state index contributed by atoms with van der Waals surface area (Å²) in [4.78, 5) is 54.6. The van der Waals surface area contributed by atoms with Gasteiger partial charge in [0, 0.05) is 0 Å². The smallest absolute Gasteiger partial charge is 0.486 e. The number of aliphatic hydroxyl groups excluding tert-OH is 1. The molecule has 2 bridgehead atoms. The van der Waals surface area contributed by atoms with E-state index in [1.54, 1.807) is 74.4 Å². The summed E-state index contributed by atoms with van der Waals surface area (Å²) in [6.07, 6.45) is 0.393. The first-order valence-electron chi connectivity index (χ1n) is 19.4. The number of alkyl carbamates (subject to hydrolysis) is 1. The van der Waals surface area contributed by atoms with Gasteiger partial charge in [0.25, 0.3) is 5.91 Å². The number of amides is 2. The number of ether oxygens (including phenoxy) is 5. The van der Waals surface area contributed by atoms with Crippen molar-refractivity contribution in [3.63, 3.8) is 0 Å². The number of nitrogens with zero attached hydrogens (tertiary/aromatic N) is 1. The van der Waals surface area contributed by atoms with Crippen molar-refractivity contribution in [3.8, 4) is 11.5 Å². The second kappa shape index (κ2) is 14.7. The summed E-state index contributed by atoms with van der Waals surface area (Å²) in [5.74, 6) is -0.301. The maximum Gasteiger partial charge on any atom is 0.514 e. The third-order valence-electron chi connectivity index (χ3n) is 11.0. The quantitative estimate of drug-likeness (QED) is 0.122. The lowest BCUT2D eigenvalue weighted by molar-refractivity contribution is -0.199. The van der Waals surface area contributed by atoms with E-state index in [0.29, 0.717) is 30.1 Å². The fourth-order valence-electron chi connectivity index (χ4n) is 8.14. The highest BCUT2D eigenvalue weighted by Gasteiger charge is 2.67. The Balaban J connectivity index is 1.38. The van der Waals surface area contributed by atoms with E-state index in [0.717, 1.165) is 12.8 Å². The van der Waals surface area contributed by atoms with Crippen molar-refractivity contribution in [2.75, 3.05) is 19.7 Å². The Morgan fingerprint density at radius 3 is 2.09 bits per heavy atom. The second-order valence-corrected chi connectivity index (χ2v) is 19.5. The summed E-state index contributed by atoms with van der Waals surface area (Å²) in [6, 6.07) is 3.35. The summed E-state index contributed by atoms with van der Waals surface area (Å²) >= 11 is 0. The van der Waals surface area contributed by atoms with Crippen LogP contribution in [0.2, 0.25) is 6.32 Å². The molecule has 2 aliphatic heterocycles. The number of likely N-dealkylation sites (tertiary alicyclic amines) is 1. The second-order valence-electron chi connectivity index (χ2n) is 19.5. The highest BCUT2D eigenvalue weighted by molar-refractivity contribution is 6.45. The molecule has 55 heavy (non-hydrogen) atoms. The minimum atomic E-state index is -1.65. The van der Waals surface area contributed by atoms with E-state index in [2.05, 4.69) is 26.1 Å². The van der Waals surface area contributed by atoms with Crippen LogP contribution in [0.15, 0.2) is 12.1 Å². The third-order valence-corrected chi connectivity index (χ3v) is 11.0. The number of benzene rings is 1. The van der Waals surface area contributed by atoms with Crippen LogP contribution < -0.4 is 14.8 Å². The standard InChI is InChI=1S/C40H61BN2O12/c1-35(2,3)51-31(45)29-26(49-25-20-43(21-25)32(46)39(12,22-44)42-33(47)52-36(4,5)6)15-14-23(30(29)50-34(48)53-37(7,8)9)16-17-41-54-28-19-24-18-27(38(24,10)11)40(28,13)55-41/h14-15,24-25,27-28,44H,16-22H2,1-13H3,(H,42,47)/t24-,27-,28+,39+,40-/m0/s1. The Morgan fingerprint density at radius 2 is 1.53 bits per heavy atom. The Kier molecular flexibility index (Phi) is 11.4. The summed E-state index contributed by atoms with van der Waals surface area (Å²) < 4.78 is 41.9. The topological polar surface area (TPSA) is 168 Å². The zero-order chi connectivity index (χ0) is 41.1. The summed E-state index contributed by atoms with van der Waals surface area (Å²) in [5, 5.41) is 12.6. The molecule has 5 aliphatic rings. The number of carbonyl (C=O) groups is 4. The fraction of sp³-hybridized carbons (Fsp3) is 0.750. The van der Waals surface area contributed by atoms with Gasteiger partial charge >= 0.3 is 25.3 Å². The van der Waals surface area contributed by atoms with Gasteiger partial charge in [-0.2, -0.15) is 0 Å². The normalized spacial score (nSPS) is 25.7. The lowest BCUT2D eigenvalue weighted by Gasteiger charge is -2.64. The van der Waals surface area contributed by atoms with Crippen molar-refractivity contribution in [2.24, 2.45) is 17.3 Å². The van der Waals surface area contributed by atoms with Gasteiger partial charge in [-0.25, -0.2) is 14.4 Å². The van der Waals surface area contributed by atoms with Gasteiger partial charge in [0.1, 0.15) is 39.8 Å². The van der Waals surface area contributed by atoms with Crippen LogP contribution in [0, 0.1) is 17.3 Å². The van der Waals surface area contributed by atoms with Crippen LogP contribution in [0.3, 0.4) is 0 Å². The number of aryl methyl sites for hydroxylation is 1. The van der Waals surface area contributed by atoms with Crippen LogP contribution in [0.4, 0.5) is 9.59 Å².